The van der Waals surface area contributed by atoms with Crippen molar-refractivity contribution in [1.82, 2.24) is 24.1 Å². The molecular weight excluding hydrogens is 448 g/mol. The van der Waals surface area contributed by atoms with Crippen LogP contribution in [0.5, 0.6) is 0 Å². The zero-order valence-electron chi connectivity index (χ0n) is 18.3. The minimum Gasteiger partial charge on any atom is -0.383 e. The number of fused-ring (bicyclic) bond motifs is 3. The van der Waals surface area contributed by atoms with Gasteiger partial charge < -0.3 is 18.6 Å². The first-order chi connectivity index (χ1) is 15.8. The summed E-state index contributed by atoms with van der Waals surface area (Å²) in [6.45, 7) is 4.53. The Morgan fingerprint density at radius 2 is 2.18 bits per heavy atom. The second kappa shape index (κ2) is 7.95. The summed E-state index contributed by atoms with van der Waals surface area (Å²) in [6, 6.07) is 5.47. The molecule has 170 valence electrons. The van der Waals surface area contributed by atoms with Gasteiger partial charge in [0.05, 0.1) is 33.8 Å². The van der Waals surface area contributed by atoms with Crippen LogP contribution in [0.2, 0.25) is 5.02 Å². The first-order valence-corrected chi connectivity index (χ1v) is 10.9. The predicted octanol–water partition coefficient (Wildman–Crippen LogP) is 3.50. The van der Waals surface area contributed by atoms with E-state index in [1.807, 2.05) is 13.8 Å². The largest absolute Gasteiger partial charge is 0.383 e. The zero-order valence-corrected chi connectivity index (χ0v) is 19.1. The number of aromatic nitrogens is 5. The van der Waals surface area contributed by atoms with E-state index >= 15 is 0 Å². The molecule has 4 heterocycles. The van der Waals surface area contributed by atoms with Crippen molar-refractivity contribution in [1.29, 1.82) is 5.26 Å². The van der Waals surface area contributed by atoms with Gasteiger partial charge in [-0.3, -0.25) is 9.20 Å². The van der Waals surface area contributed by atoms with Gasteiger partial charge in [0, 0.05) is 13.7 Å². The molecule has 0 bridgehead atoms. The molecule has 1 aromatic carbocycles. The van der Waals surface area contributed by atoms with E-state index < -0.39 is 0 Å². The normalized spacial score (nSPS) is 17.7. The molecular formula is C22H21ClN6O4. The number of ether oxygens (including phenoxy) is 2. The van der Waals surface area contributed by atoms with Crippen molar-refractivity contribution in [2.24, 2.45) is 0 Å². The summed E-state index contributed by atoms with van der Waals surface area (Å²) >= 11 is 6.26. The van der Waals surface area contributed by atoms with Crippen molar-refractivity contribution in [2.45, 2.75) is 44.9 Å². The van der Waals surface area contributed by atoms with Gasteiger partial charge in [0.15, 0.2) is 5.69 Å². The molecule has 1 atom stereocenters. The van der Waals surface area contributed by atoms with Gasteiger partial charge in [0.1, 0.15) is 24.0 Å². The molecule has 0 N–H and O–H groups in total. The summed E-state index contributed by atoms with van der Waals surface area (Å²) in [5.74, 6) is 0.556. The number of halogens is 1. The highest BCUT2D eigenvalue weighted by molar-refractivity contribution is 6.32. The lowest BCUT2D eigenvalue weighted by atomic mass is 10.1. The van der Waals surface area contributed by atoms with E-state index in [0.717, 1.165) is 12.8 Å². The predicted molar refractivity (Wildman–Crippen MR) is 119 cm³/mol. The van der Waals surface area contributed by atoms with Gasteiger partial charge >= 0.3 is 0 Å². The third kappa shape index (κ3) is 3.49. The Labute approximate surface area is 193 Å². The Morgan fingerprint density at radius 3 is 2.88 bits per heavy atom. The Morgan fingerprint density at radius 1 is 1.36 bits per heavy atom. The molecule has 1 unspecified atom stereocenters. The maximum atomic E-state index is 13.6. The van der Waals surface area contributed by atoms with Crippen molar-refractivity contribution in [2.75, 3.05) is 13.7 Å². The first-order valence-electron chi connectivity index (χ1n) is 10.5. The number of imidazole rings is 1. The van der Waals surface area contributed by atoms with Crippen LogP contribution >= 0.6 is 11.6 Å². The van der Waals surface area contributed by atoms with Gasteiger partial charge in [-0.05, 0) is 38.8 Å². The zero-order chi connectivity index (χ0) is 23.3. The molecule has 0 spiro atoms. The molecule has 0 aliphatic carbocycles. The monoisotopic (exact) mass is 468 g/mol. The van der Waals surface area contributed by atoms with Crippen LogP contribution in [0, 0.1) is 11.3 Å². The third-order valence-electron chi connectivity index (χ3n) is 5.88. The summed E-state index contributed by atoms with van der Waals surface area (Å²) in [7, 11) is 1.54. The van der Waals surface area contributed by atoms with Crippen LogP contribution in [0.1, 0.15) is 44.2 Å². The number of hydrogen-bond donors (Lipinski definition) is 0. The summed E-state index contributed by atoms with van der Waals surface area (Å²) in [4.78, 5) is 22.5. The molecule has 33 heavy (non-hydrogen) atoms. The fourth-order valence-corrected chi connectivity index (χ4v) is 4.47. The molecule has 0 saturated carbocycles. The SMILES string of the molecule is COCCn1c(=O)c2c(-c3nc(C4CCC(C)(C)O4)no3)ncn2c2ccc(Cl)c(C#N)c21. The lowest BCUT2D eigenvalue weighted by molar-refractivity contribution is -0.0207. The molecule has 1 aliphatic heterocycles. The number of hydrogen-bond acceptors (Lipinski definition) is 8. The number of methoxy groups -OCH3 is 1. The number of benzene rings is 1. The highest BCUT2D eigenvalue weighted by atomic mass is 35.5. The minimum absolute atomic E-state index is 0.130. The minimum atomic E-state index is -0.371. The molecule has 1 saturated heterocycles. The Bertz CT molecular complexity index is 1480. The van der Waals surface area contributed by atoms with E-state index in [2.05, 4.69) is 21.2 Å². The van der Waals surface area contributed by atoms with Crippen molar-refractivity contribution in [3.05, 3.63) is 45.2 Å². The number of rotatable bonds is 5. The summed E-state index contributed by atoms with van der Waals surface area (Å²) in [5, 5.41) is 14.0. The van der Waals surface area contributed by atoms with Gasteiger partial charge in [0.25, 0.3) is 11.4 Å². The van der Waals surface area contributed by atoms with Crippen molar-refractivity contribution >= 4 is 28.2 Å². The van der Waals surface area contributed by atoms with Crippen LogP contribution in [-0.2, 0) is 16.0 Å². The standard InChI is InChI=1S/C22H21ClN6O4/c1-22(2)7-6-15(32-22)19-26-20(33-27-19)16-18-21(30)28(8-9-31-3)17-12(10-24)13(23)4-5-14(17)29(18)11-25-16/h4-5,11,15H,6-9H2,1-3H3. The van der Waals surface area contributed by atoms with Crippen molar-refractivity contribution < 1.29 is 14.0 Å². The highest BCUT2D eigenvalue weighted by Gasteiger charge is 2.35. The van der Waals surface area contributed by atoms with Crippen molar-refractivity contribution in [3.63, 3.8) is 0 Å². The quantitative estimate of drug-likeness (QED) is 0.436. The van der Waals surface area contributed by atoms with Crippen LogP contribution in [0.15, 0.2) is 27.8 Å². The molecule has 5 rings (SSSR count). The summed E-state index contributed by atoms with van der Waals surface area (Å²) in [5.41, 5.74) is 1.12. The second-order valence-electron chi connectivity index (χ2n) is 8.53. The van der Waals surface area contributed by atoms with Crippen LogP contribution in [0.4, 0.5) is 0 Å². The molecule has 4 aromatic rings. The fourth-order valence-electron chi connectivity index (χ4n) is 4.27. The summed E-state index contributed by atoms with van der Waals surface area (Å²) in [6.07, 6.45) is 2.89. The van der Waals surface area contributed by atoms with E-state index in [0.29, 0.717) is 16.9 Å². The lowest BCUT2D eigenvalue weighted by Gasteiger charge is -2.17. The molecule has 11 heteroatoms. The van der Waals surface area contributed by atoms with Gasteiger partial charge in [-0.1, -0.05) is 16.8 Å². The maximum absolute atomic E-state index is 13.6. The smallest absolute Gasteiger partial charge is 0.279 e. The number of nitrogens with zero attached hydrogens (tertiary/aromatic N) is 6. The fraction of sp³-hybridized carbons (Fsp3) is 0.409. The second-order valence-corrected chi connectivity index (χ2v) is 8.93. The van der Waals surface area contributed by atoms with Gasteiger partial charge in [0.2, 0.25) is 5.82 Å². The first kappa shape index (κ1) is 21.6. The van der Waals surface area contributed by atoms with E-state index in [9.17, 15) is 10.1 Å². The third-order valence-corrected chi connectivity index (χ3v) is 6.20. The summed E-state index contributed by atoms with van der Waals surface area (Å²) < 4.78 is 19.8. The van der Waals surface area contributed by atoms with E-state index in [1.165, 1.54) is 10.9 Å². The van der Waals surface area contributed by atoms with Crippen LogP contribution in [-0.4, -0.2) is 43.4 Å². The average Bonchev–Trinajstić information content (AvgIpc) is 3.51. The van der Waals surface area contributed by atoms with Gasteiger partial charge in [-0.25, -0.2) is 4.98 Å². The number of nitriles is 1. The van der Waals surface area contributed by atoms with E-state index in [4.69, 9.17) is 25.6 Å². The van der Waals surface area contributed by atoms with E-state index in [-0.39, 0.29) is 58.1 Å². The lowest BCUT2D eigenvalue weighted by Crippen LogP contribution is -2.25. The molecule has 10 nitrogen and oxygen atoms in total. The Hall–Kier alpha value is -3.26. The molecule has 3 aromatic heterocycles. The van der Waals surface area contributed by atoms with Crippen LogP contribution in [0.25, 0.3) is 28.1 Å². The van der Waals surface area contributed by atoms with Crippen LogP contribution < -0.4 is 5.56 Å². The Balaban J connectivity index is 1.71. The van der Waals surface area contributed by atoms with Gasteiger partial charge in [-0.2, -0.15) is 10.2 Å². The molecule has 1 fully saturated rings. The average molecular weight is 469 g/mol. The topological polar surface area (TPSA) is 120 Å². The Kier molecular flexibility index (Phi) is 5.20. The molecule has 0 amide bonds. The van der Waals surface area contributed by atoms with Crippen molar-refractivity contribution in [3.8, 4) is 17.7 Å². The van der Waals surface area contributed by atoms with E-state index in [1.54, 1.807) is 23.6 Å². The van der Waals surface area contributed by atoms with Crippen LogP contribution in [0.3, 0.4) is 0 Å². The molecule has 0 radical (unpaired) electrons. The highest BCUT2D eigenvalue weighted by Crippen LogP contribution is 2.38. The maximum Gasteiger partial charge on any atom is 0.279 e. The molecule has 1 aliphatic rings. The van der Waals surface area contributed by atoms with Gasteiger partial charge in [-0.15, -0.1) is 0 Å².